The molecule has 1 aromatic rings. The zero-order chi connectivity index (χ0) is 13.7. The third-order valence-corrected chi connectivity index (χ3v) is 2.70. The number of hydrogen-bond acceptors (Lipinski definition) is 4. The lowest BCUT2D eigenvalue weighted by Crippen LogP contribution is -2.12. The van der Waals surface area contributed by atoms with Crippen molar-refractivity contribution in [1.29, 1.82) is 0 Å². The number of methoxy groups -OCH3 is 3. The van der Waals surface area contributed by atoms with Gasteiger partial charge in [-0.25, -0.2) is 0 Å². The van der Waals surface area contributed by atoms with Crippen LogP contribution in [0.5, 0.6) is 17.2 Å². The van der Waals surface area contributed by atoms with Gasteiger partial charge in [-0.2, -0.15) is 0 Å². The second kappa shape index (κ2) is 7.92. The molecule has 0 amide bonds. The fourth-order valence-corrected chi connectivity index (χ4v) is 1.90. The van der Waals surface area contributed by atoms with Crippen LogP contribution in [-0.2, 0) is 0 Å². The van der Waals surface area contributed by atoms with Crippen molar-refractivity contribution >= 4 is 12.4 Å². The molecule has 1 rings (SSSR count). The van der Waals surface area contributed by atoms with E-state index in [-0.39, 0.29) is 18.4 Å². The van der Waals surface area contributed by atoms with Crippen LogP contribution < -0.4 is 19.9 Å². The van der Waals surface area contributed by atoms with E-state index in [4.69, 9.17) is 19.9 Å². The molecule has 0 fully saturated rings. The lowest BCUT2D eigenvalue weighted by Gasteiger charge is -2.19. The molecule has 0 heterocycles. The Hall–Kier alpha value is -1.39. The molecule has 2 N–H and O–H groups in total. The van der Waals surface area contributed by atoms with Gasteiger partial charge in [-0.05, 0) is 25.5 Å². The van der Waals surface area contributed by atoms with Crippen LogP contribution in [0.25, 0.3) is 0 Å². The third kappa shape index (κ3) is 4.04. The zero-order valence-electron chi connectivity index (χ0n) is 11.9. The topological polar surface area (TPSA) is 53.7 Å². The Morgan fingerprint density at radius 2 is 1.74 bits per heavy atom. The zero-order valence-corrected chi connectivity index (χ0v) is 12.7. The lowest BCUT2D eigenvalue weighted by molar-refractivity contribution is 0.320. The van der Waals surface area contributed by atoms with Gasteiger partial charge in [0.15, 0.2) is 11.5 Å². The number of benzene rings is 1. The van der Waals surface area contributed by atoms with Gasteiger partial charge >= 0.3 is 0 Å². The fourth-order valence-electron chi connectivity index (χ4n) is 1.90. The van der Waals surface area contributed by atoms with Gasteiger partial charge in [0.2, 0.25) is 5.75 Å². The Balaban J connectivity index is 0.00000324. The average Bonchev–Trinajstić information content (AvgIpc) is 2.35. The van der Waals surface area contributed by atoms with Crippen LogP contribution in [0.4, 0.5) is 0 Å². The highest BCUT2D eigenvalue weighted by atomic mass is 35.5. The van der Waals surface area contributed by atoms with Crippen molar-refractivity contribution in [2.75, 3.05) is 21.3 Å². The molecule has 0 aliphatic rings. The standard InChI is InChI=1S/C14H21NO3.ClH/c1-9(2)8-11(15)10-6-7-12(16-3)14(18-5)13(10)17-4;/h6-7,11H,1,8,15H2,2-5H3;1H/t11-;/m1./s1. The molecule has 1 atom stereocenters. The highest BCUT2D eigenvalue weighted by Crippen LogP contribution is 2.42. The van der Waals surface area contributed by atoms with Crippen molar-refractivity contribution in [3.05, 3.63) is 29.8 Å². The lowest BCUT2D eigenvalue weighted by atomic mass is 9.99. The van der Waals surface area contributed by atoms with Crippen molar-refractivity contribution in [2.24, 2.45) is 5.73 Å². The van der Waals surface area contributed by atoms with Crippen molar-refractivity contribution in [3.8, 4) is 17.2 Å². The molecular weight excluding hydrogens is 266 g/mol. The summed E-state index contributed by atoms with van der Waals surface area (Å²) in [6.45, 7) is 5.83. The van der Waals surface area contributed by atoms with E-state index in [9.17, 15) is 0 Å². The summed E-state index contributed by atoms with van der Waals surface area (Å²) in [5, 5.41) is 0. The molecule has 108 valence electrons. The first kappa shape index (κ1) is 17.6. The quantitative estimate of drug-likeness (QED) is 0.817. The Bertz CT molecular complexity index is 435. The van der Waals surface area contributed by atoms with E-state index < -0.39 is 0 Å². The number of nitrogens with two attached hydrogens (primary N) is 1. The summed E-state index contributed by atoms with van der Waals surface area (Å²) in [6.07, 6.45) is 0.700. The molecule has 0 saturated heterocycles. The SMILES string of the molecule is C=C(C)C[C@@H](N)c1ccc(OC)c(OC)c1OC.Cl. The summed E-state index contributed by atoms with van der Waals surface area (Å²) >= 11 is 0. The minimum absolute atomic E-state index is 0. The van der Waals surface area contributed by atoms with Gasteiger partial charge in [0.1, 0.15) is 0 Å². The number of halogens is 1. The molecule has 0 saturated carbocycles. The maximum Gasteiger partial charge on any atom is 0.203 e. The maximum absolute atomic E-state index is 6.15. The summed E-state index contributed by atoms with van der Waals surface area (Å²) < 4.78 is 16.0. The first-order valence-corrected chi connectivity index (χ1v) is 5.74. The molecule has 0 aliphatic heterocycles. The van der Waals surface area contributed by atoms with Crippen molar-refractivity contribution in [3.63, 3.8) is 0 Å². The van der Waals surface area contributed by atoms with Crippen molar-refractivity contribution in [1.82, 2.24) is 0 Å². The van der Waals surface area contributed by atoms with Gasteiger partial charge in [0, 0.05) is 11.6 Å². The van der Waals surface area contributed by atoms with Crippen molar-refractivity contribution in [2.45, 2.75) is 19.4 Å². The van der Waals surface area contributed by atoms with Gasteiger partial charge in [0.05, 0.1) is 21.3 Å². The summed E-state index contributed by atoms with van der Waals surface area (Å²) in [5.74, 6) is 1.81. The molecule has 0 spiro atoms. The smallest absolute Gasteiger partial charge is 0.203 e. The Morgan fingerprint density at radius 3 is 2.16 bits per heavy atom. The predicted molar refractivity (Wildman–Crippen MR) is 79.7 cm³/mol. The number of ether oxygens (including phenoxy) is 3. The van der Waals surface area contributed by atoms with Crippen LogP contribution >= 0.6 is 12.4 Å². The second-order valence-electron chi connectivity index (χ2n) is 4.19. The Morgan fingerprint density at radius 1 is 1.16 bits per heavy atom. The van der Waals surface area contributed by atoms with Crippen LogP contribution in [0.15, 0.2) is 24.3 Å². The van der Waals surface area contributed by atoms with E-state index in [2.05, 4.69) is 6.58 Å². The largest absolute Gasteiger partial charge is 0.493 e. The van der Waals surface area contributed by atoms with Crippen LogP contribution in [0.1, 0.15) is 24.9 Å². The van der Waals surface area contributed by atoms with Gasteiger partial charge in [-0.1, -0.05) is 5.57 Å². The van der Waals surface area contributed by atoms with E-state index >= 15 is 0 Å². The first-order valence-electron chi connectivity index (χ1n) is 5.74. The number of hydrogen-bond donors (Lipinski definition) is 1. The van der Waals surface area contributed by atoms with E-state index in [1.807, 2.05) is 19.1 Å². The van der Waals surface area contributed by atoms with E-state index in [0.29, 0.717) is 23.7 Å². The van der Waals surface area contributed by atoms with E-state index in [1.165, 1.54) is 0 Å². The molecule has 4 nitrogen and oxygen atoms in total. The fraction of sp³-hybridized carbons (Fsp3) is 0.429. The molecule has 0 radical (unpaired) electrons. The normalized spacial score (nSPS) is 11.2. The summed E-state index contributed by atoms with van der Waals surface area (Å²) in [5.41, 5.74) is 8.06. The van der Waals surface area contributed by atoms with Crippen LogP contribution in [0.3, 0.4) is 0 Å². The van der Waals surface area contributed by atoms with Crippen LogP contribution in [0, 0.1) is 0 Å². The molecule has 5 heteroatoms. The molecule has 1 aromatic carbocycles. The van der Waals surface area contributed by atoms with Gasteiger partial charge in [-0.3, -0.25) is 0 Å². The summed E-state index contributed by atoms with van der Waals surface area (Å²) in [4.78, 5) is 0. The highest BCUT2D eigenvalue weighted by Gasteiger charge is 2.19. The Kier molecular flexibility index (Phi) is 7.34. The monoisotopic (exact) mass is 287 g/mol. The predicted octanol–water partition coefficient (Wildman–Crippen LogP) is 3.10. The maximum atomic E-state index is 6.15. The molecule has 19 heavy (non-hydrogen) atoms. The third-order valence-electron chi connectivity index (χ3n) is 2.70. The molecule has 0 unspecified atom stereocenters. The molecule has 0 bridgehead atoms. The highest BCUT2D eigenvalue weighted by molar-refractivity contribution is 5.85. The van der Waals surface area contributed by atoms with Gasteiger partial charge in [0.25, 0.3) is 0 Å². The average molecular weight is 288 g/mol. The Labute approximate surface area is 120 Å². The molecular formula is C14H22ClNO3. The van der Waals surface area contributed by atoms with Crippen LogP contribution in [-0.4, -0.2) is 21.3 Å². The van der Waals surface area contributed by atoms with E-state index in [1.54, 1.807) is 21.3 Å². The van der Waals surface area contributed by atoms with Crippen LogP contribution in [0.2, 0.25) is 0 Å². The van der Waals surface area contributed by atoms with Crippen molar-refractivity contribution < 1.29 is 14.2 Å². The summed E-state index contributed by atoms with van der Waals surface area (Å²) in [6, 6.07) is 3.56. The summed E-state index contributed by atoms with van der Waals surface area (Å²) in [7, 11) is 4.76. The molecule has 0 aliphatic carbocycles. The van der Waals surface area contributed by atoms with Gasteiger partial charge < -0.3 is 19.9 Å². The van der Waals surface area contributed by atoms with E-state index in [0.717, 1.165) is 11.1 Å². The molecule has 0 aromatic heterocycles. The second-order valence-corrected chi connectivity index (χ2v) is 4.19. The minimum Gasteiger partial charge on any atom is -0.493 e. The van der Waals surface area contributed by atoms with Gasteiger partial charge in [-0.15, -0.1) is 19.0 Å². The first-order chi connectivity index (χ1) is 8.54. The number of rotatable bonds is 6. The minimum atomic E-state index is -0.169.